The Labute approximate surface area is 170 Å². The maximum atomic E-state index is 15.1. The molecule has 8 heteroatoms. The smallest absolute Gasteiger partial charge is 0.336 e. The number of hydrogen-bond donors (Lipinski definition) is 1. The van der Waals surface area contributed by atoms with E-state index in [2.05, 4.69) is 5.32 Å². The fourth-order valence-electron chi connectivity index (χ4n) is 2.89. The van der Waals surface area contributed by atoms with Gasteiger partial charge in [0.2, 0.25) is 5.82 Å². The number of hydrogen-bond acceptors (Lipinski definition) is 7. The van der Waals surface area contributed by atoms with Crippen molar-refractivity contribution in [2.45, 2.75) is 0 Å². The number of carbonyl (C=O) groups excluding carboxylic acids is 2. The lowest BCUT2D eigenvalue weighted by Crippen LogP contribution is -2.10. The Balaban J connectivity index is 1.93. The number of rotatable bonds is 4. The fraction of sp³-hybridized carbons (Fsp3) is 0.143. The molecule has 4 rings (SSSR count). The van der Waals surface area contributed by atoms with Crippen LogP contribution in [0, 0.1) is 5.82 Å². The van der Waals surface area contributed by atoms with Gasteiger partial charge in [0.15, 0.2) is 11.5 Å². The maximum absolute atomic E-state index is 15.1. The molecule has 0 fully saturated rings. The van der Waals surface area contributed by atoms with Crippen molar-refractivity contribution in [1.82, 2.24) is 5.32 Å². The predicted octanol–water partition coefficient (Wildman–Crippen LogP) is 3.76. The van der Waals surface area contributed by atoms with Crippen LogP contribution in [0.5, 0.6) is 23.0 Å². The molecule has 2 aromatic rings. The zero-order valence-corrected chi connectivity index (χ0v) is 16.2. The van der Waals surface area contributed by atoms with Gasteiger partial charge >= 0.3 is 11.9 Å². The largest absolute Gasteiger partial charge is 0.456 e. The normalized spacial score (nSPS) is 15.9. The van der Waals surface area contributed by atoms with Gasteiger partial charge in [-0.05, 0) is 19.2 Å². The third-order valence-corrected chi connectivity index (χ3v) is 5.24. The molecule has 0 amide bonds. The molecule has 0 aromatic heterocycles. The van der Waals surface area contributed by atoms with Crippen LogP contribution >= 0.6 is 11.8 Å². The molecule has 0 aliphatic carbocycles. The second-order valence-electron chi connectivity index (χ2n) is 6.17. The lowest BCUT2D eigenvalue weighted by atomic mass is 10.1. The molecular formula is C21H16FNO5S. The molecule has 0 saturated heterocycles. The average Bonchev–Trinajstić information content (AvgIpc) is 2.84. The number of fused-ring (bicyclic) bond motifs is 5. The molecule has 2 aromatic carbocycles. The third-order valence-electron chi connectivity index (χ3n) is 4.20. The van der Waals surface area contributed by atoms with Crippen LogP contribution in [0.1, 0.15) is 11.1 Å². The summed E-state index contributed by atoms with van der Waals surface area (Å²) in [6.07, 6.45) is 3.64. The Morgan fingerprint density at radius 1 is 1.00 bits per heavy atom. The predicted molar refractivity (Wildman–Crippen MR) is 108 cm³/mol. The highest BCUT2D eigenvalue weighted by molar-refractivity contribution is 8.08. The lowest BCUT2D eigenvalue weighted by Gasteiger charge is -2.17. The van der Waals surface area contributed by atoms with E-state index in [0.29, 0.717) is 22.0 Å². The SMILES string of the molecule is CNCCSC1=Cc2ccccc2Oc2cc3c(F)c(c21)OC(=O)/C=C\C(=O)O3. The van der Waals surface area contributed by atoms with Gasteiger partial charge in [0.1, 0.15) is 11.5 Å². The Hall–Kier alpha value is -3.10. The van der Waals surface area contributed by atoms with E-state index in [1.165, 1.54) is 17.8 Å². The molecule has 6 nitrogen and oxygen atoms in total. The Bertz CT molecular complexity index is 1060. The van der Waals surface area contributed by atoms with Gasteiger partial charge < -0.3 is 19.5 Å². The molecule has 2 aliphatic heterocycles. The first-order valence-electron chi connectivity index (χ1n) is 8.81. The number of esters is 2. The lowest BCUT2D eigenvalue weighted by molar-refractivity contribution is -0.131. The average molecular weight is 413 g/mol. The summed E-state index contributed by atoms with van der Waals surface area (Å²) in [5.41, 5.74) is 1.09. The second-order valence-corrected chi connectivity index (χ2v) is 7.30. The number of benzene rings is 2. The van der Waals surface area contributed by atoms with Crippen LogP contribution in [-0.4, -0.2) is 31.3 Å². The van der Waals surface area contributed by atoms with Crippen LogP contribution in [0.25, 0.3) is 11.0 Å². The van der Waals surface area contributed by atoms with E-state index in [1.807, 2.05) is 31.3 Å². The molecule has 0 radical (unpaired) electrons. The molecule has 0 saturated carbocycles. The molecule has 1 N–H and O–H groups in total. The van der Waals surface area contributed by atoms with Crippen LogP contribution in [0.3, 0.4) is 0 Å². The standard InChI is InChI=1S/C21H16FNO5S/c1-23-8-9-29-16-10-12-4-2-3-5-13(12)26-14-11-15-20(22)21(19(14)16)28-18(25)7-6-17(24)27-15/h2-7,10-11,23H,8-9H2,1H3/b7-6-. The van der Waals surface area contributed by atoms with E-state index in [9.17, 15) is 9.59 Å². The van der Waals surface area contributed by atoms with Gasteiger partial charge in [-0.2, -0.15) is 4.39 Å². The van der Waals surface area contributed by atoms with Crippen molar-refractivity contribution in [2.75, 3.05) is 19.3 Å². The molecule has 29 heavy (non-hydrogen) atoms. The zero-order valence-electron chi connectivity index (χ0n) is 15.4. The van der Waals surface area contributed by atoms with Gasteiger partial charge in [-0.1, -0.05) is 18.2 Å². The number of ether oxygens (including phenoxy) is 3. The first-order chi connectivity index (χ1) is 14.1. The van der Waals surface area contributed by atoms with E-state index < -0.39 is 17.8 Å². The van der Waals surface area contributed by atoms with Crippen LogP contribution < -0.4 is 19.5 Å². The van der Waals surface area contributed by atoms with Crippen LogP contribution in [0.15, 0.2) is 42.5 Å². The van der Waals surface area contributed by atoms with Gasteiger partial charge in [-0.25, -0.2) is 9.59 Å². The fourth-order valence-corrected chi connectivity index (χ4v) is 3.96. The third kappa shape index (κ3) is 3.90. The first-order valence-corrected chi connectivity index (χ1v) is 9.80. The summed E-state index contributed by atoms with van der Waals surface area (Å²) in [7, 11) is 1.84. The topological polar surface area (TPSA) is 73.9 Å². The van der Waals surface area contributed by atoms with Gasteiger partial charge in [-0.15, -0.1) is 11.8 Å². The minimum absolute atomic E-state index is 0.229. The quantitative estimate of drug-likeness (QED) is 0.465. The maximum Gasteiger partial charge on any atom is 0.336 e. The van der Waals surface area contributed by atoms with Crippen molar-refractivity contribution < 1.29 is 28.2 Å². The Morgan fingerprint density at radius 2 is 1.76 bits per heavy atom. The summed E-state index contributed by atoms with van der Waals surface area (Å²) >= 11 is 1.46. The molecule has 148 valence electrons. The van der Waals surface area contributed by atoms with E-state index in [1.54, 1.807) is 6.07 Å². The highest BCUT2D eigenvalue weighted by Gasteiger charge is 2.30. The molecule has 0 spiro atoms. The molecule has 0 unspecified atom stereocenters. The van der Waals surface area contributed by atoms with Gasteiger partial charge in [0.25, 0.3) is 0 Å². The molecular weight excluding hydrogens is 397 g/mol. The number of nitrogens with one attached hydrogen (secondary N) is 1. The van der Waals surface area contributed by atoms with Gasteiger partial charge in [0.05, 0.1) is 5.56 Å². The minimum atomic E-state index is -0.941. The van der Waals surface area contributed by atoms with Crippen LogP contribution in [-0.2, 0) is 9.59 Å². The number of para-hydroxylation sites is 1. The van der Waals surface area contributed by atoms with Crippen molar-refractivity contribution >= 4 is 34.7 Å². The highest BCUT2D eigenvalue weighted by atomic mass is 32.2. The van der Waals surface area contributed by atoms with Gasteiger partial charge in [-0.3, -0.25) is 0 Å². The molecule has 2 aliphatic rings. The number of carbonyl (C=O) groups is 2. The van der Waals surface area contributed by atoms with E-state index in [0.717, 1.165) is 24.3 Å². The molecule has 2 heterocycles. The van der Waals surface area contributed by atoms with E-state index in [-0.39, 0.29) is 17.2 Å². The number of thioether (sulfide) groups is 1. The van der Waals surface area contributed by atoms with Crippen molar-refractivity contribution in [3.8, 4) is 23.0 Å². The van der Waals surface area contributed by atoms with E-state index in [4.69, 9.17) is 14.2 Å². The number of halogens is 1. The summed E-state index contributed by atoms with van der Waals surface area (Å²) in [4.78, 5) is 24.6. The first kappa shape index (κ1) is 19.2. The minimum Gasteiger partial charge on any atom is -0.456 e. The summed E-state index contributed by atoms with van der Waals surface area (Å²) in [6, 6.07) is 8.62. The Kier molecular flexibility index (Phi) is 5.37. The summed E-state index contributed by atoms with van der Waals surface area (Å²) in [5.74, 6) is -1.96. The Morgan fingerprint density at radius 3 is 2.55 bits per heavy atom. The van der Waals surface area contributed by atoms with Crippen LogP contribution in [0.2, 0.25) is 0 Å². The summed E-state index contributed by atoms with van der Waals surface area (Å²) in [5, 5.41) is 3.06. The highest BCUT2D eigenvalue weighted by Crippen LogP contribution is 2.50. The zero-order chi connectivity index (χ0) is 20.4. The summed E-state index contributed by atoms with van der Waals surface area (Å²) in [6.45, 7) is 0.718. The van der Waals surface area contributed by atoms with Crippen LogP contribution in [0.4, 0.5) is 4.39 Å². The van der Waals surface area contributed by atoms with Crippen molar-refractivity contribution in [2.24, 2.45) is 0 Å². The monoisotopic (exact) mass is 413 g/mol. The van der Waals surface area contributed by atoms with Crippen molar-refractivity contribution in [1.29, 1.82) is 0 Å². The second kappa shape index (κ2) is 8.10. The van der Waals surface area contributed by atoms with Gasteiger partial charge in [0, 0.05) is 41.0 Å². The molecule has 0 atom stereocenters. The molecule has 2 bridgehead atoms. The van der Waals surface area contributed by atoms with Crippen molar-refractivity contribution in [3.63, 3.8) is 0 Å². The van der Waals surface area contributed by atoms with E-state index >= 15 is 4.39 Å². The van der Waals surface area contributed by atoms with Crippen molar-refractivity contribution in [3.05, 3.63) is 59.4 Å². The summed E-state index contributed by atoms with van der Waals surface area (Å²) < 4.78 is 31.4.